The number of aryl methyl sites for hydroxylation is 1. The van der Waals surface area contributed by atoms with Crippen molar-refractivity contribution >= 4 is 28.2 Å². The highest BCUT2D eigenvalue weighted by Crippen LogP contribution is 2.37. The van der Waals surface area contributed by atoms with Crippen molar-refractivity contribution in [2.45, 2.75) is 26.8 Å². The largest absolute Gasteiger partial charge is 0.478 e. The first-order valence-electron chi connectivity index (χ1n) is 7.97. The van der Waals surface area contributed by atoms with E-state index in [2.05, 4.69) is 17.1 Å². The lowest BCUT2D eigenvalue weighted by atomic mass is 10.0. The predicted octanol–water partition coefficient (Wildman–Crippen LogP) is 3.39. The van der Waals surface area contributed by atoms with Gasteiger partial charge in [0.05, 0.1) is 5.56 Å². The molecule has 0 bridgehead atoms. The first kappa shape index (κ1) is 16.7. The van der Waals surface area contributed by atoms with E-state index in [-0.39, 0.29) is 11.5 Å². The van der Waals surface area contributed by atoms with Gasteiger partial charge in [0.25, 0.3) is 5.91 Å². The molecular weight excluding hydrogens is 324 g/mol. The van der Waals surface area contributed by atoms with E-state index in [0.29, 0.717) is 17.0 Å². The summed E-state index contributed by atoms with van der Waals surface area (Å²) >= 11 is 1.38. The predicted molar refractivity (Wildman–Crippen MR) is 95.1 cm³/mol. The molecule has 2 heterocycles. The molecule has 0 saturated carbocycles. The number of carboxylic acids is 1. The van der Waals surface area contributed by atoms with Gasteiger partial charge in [0, 0.05) is 23.5 Å². The molecule has 2 N–H and O–H groups in total. The highest BCUT2D eigenvalue weighted by molar-refractivity contribution is 7.17. The number of carboxylic acid groups (broad SMARTS) is 1. The zero-order valence-electron chi connectivity index (χ0n) is 13.8. The van der Waals surface area contributed by atoms with E-state index >= 15 is 0 Å². The summed E-state index contributed by atoms with van der Waals surface area (Å²) in [6, 6.07) is 7.23. The number of thiophene rings is 1. The lowest BCUT2D eigenvalue weighted by molar-refractivity contribution is 0.0696. The van der Waals surface area contributed by atoms with E-state index in [4.69, 9.17) is 0 Å². The molecule has 1 amide bonds. The van der Waals surface area contributed by atoms with Crippen LogP contribution in [0.4, 0.5) is 5.00 Å². The summed E-state index contributed by atoms with van der Waals surface area (Å²) in [5.41, 5.74) is 2.73. The summed E-state index contributed by atoms with van der Waals surface area (Å²) in [7, 11) is 0. The maximum absolute atomic E-state index is 12.4. The molecule has 0 fully saturated rings. The Labute approximate surface area is 144 Å². The van der Waals surface area contributed by atoms with Crippen LogP contribution in [0.5, 0.6) is 0 Å². The number of likely N-dealkylation sites (N-methyl/N-ethyl adjacent to an activating group) is 1. The van der Waals surface area contributed by atoms with Crippen LogP contribution in [0.2, 0.25) is 0 Å². The third-order valence-corrected chi connectivity index (χ3v) is 5.47. The third-order valence-electron chi connectivity index (χ3n) is 4.34. The lowest BCUT2D eigenvalue weighted by Crippen LogP contribution is -2.29. The average molecular weight is 344 g/mol. The van der Waals surface area contributed by atoms with Gasteiger partial charge >= 0.3 is 5.97 Å². The van der Waals surface area contributed by atoms with Gasteiger partial charge < -0.3 is 10.4 Å². The minimum atomic E-state index is -0.975. The van der Waals surface area contributed by atoms with E-state index in [1.54, 1.807) is 12.1 Å². The maximum Gasteiger partial charge on any atom is 0.339 e. The van der Waals surface area contributed by atoms with Crippen LogP contribution in [-0.2, 0) is 13.0 Å². The summed E-state index contributed by atoms with van der Waals surface area (Å²) in [5.74, 6) is -1.25. The van der Waals surface area contributed by atoms with E-state index in [9.17, 15) is 14.7 Å². The number of hydrogen-bond acceptors (Lipinski definition) is 4. The Bertz CT molecular complexity index is 780. The molecule has 1 aliphatic heterocycles. The van der Waals surface area contributed by atoms with Crippen LogP contribution in [-0.4, -0.2) is 35.0 Å². The van der Waals surface area contributed by atoms with E-state index in [1.165, 1.54) is 11.3 Å². The van der Waals surface area contributed by atoms with Crippen molar-refractivity contribution in [1.29, 1.82) is 0 Å². The van der Waals surface area contributed by atoms with Crippen molar-refractivity contribution in [3.05, 3.63) is 51.4 Å². The zero-order valence-corrected chi connectivity index (χ0v) is 14.6. The van der Waals surface area contributed by atoms with Crippen LogP contribution in [0.15, 0.2) is 24.3 Å². The van der Waals surface area contributed by atoms with E-state index < -0.39 is 5.97 Å². The van der Waals surface area contributed by atoms with Crippen molar-refractivity contribution in [3.63, 3.8) is 0 Å². The second kappa shape index (κ2) is 6.75. The molecule has 1 aromatic heterocycles. The zero-order chi connectivity index (χ0) is 17.3. The van der Waals surface area contributed by atoms with E-state index in [1.807, 2.05) is 19.1 Å². The smallest absolute Gasteiger partial charge is 0.339 e. The van der Waals surface area contributed by atoms with Gasteiger partial charge in [-0.2, -0.15) is 0 Å². The summed E-state index contributed by atoms with van der Waals surface area (Å²) in [6.07, 6.45) is 0.710. The second-order valence-electron chi connectivity index (χ2n) is 5.95. The molecule has 1 aliphatic rings. The molecule has 0 aliphatic carbocycles. The van der Waals surface area contributed by atoms with Crippen molar-refractivity contribution in [2.24, 2.45) is 0 Å². The maximum atomic E-state index is 12.4. The Hall–Kier alpha value is -2.18. The van der Waals surface area contributed by atoms with Gasteiger partial charge in [0.15, 0.2) is 0 Å². The molecule has 0 unspecified atom stereocenters. The van der Waals surface area contributed by atoms with Crippen LogP contribution in [0.25, 0.3) is 0 Å². The number of aromatic carboxylic acids is 1. The number of nitrogens with one attached hydrogen (secondary N) is 1. The number of benzene rings is 1. The van der Waals surface area contributed by atoms with Crippen LogP contribution in [0.1, 0.15) is 43.6 Å². The Morgan fingerprint density at radius 3 is 2.62 bits per heavy atom. The summed E-state index contributed by atoms with van der Waals surface area (Å²) in [5, 5.41) is 12.8. The number of carbonyl (C=O) groups is 2. The van der Waals surface area contributed by atoms with Gasteiger partial charge in [-0.1, -0.05) is 24.6 Å². The van der Waals surface area contributed by atoms with Gasteiger partial charge in [0.1, 0.15) is 5.00 Å². The highest BCUT2D eigenvalue weighted by atomic mass is 32.1. The molecule has 2 aromatic rings. The topological polar surface area (TPSA) is 69.6 Å². The number of hydrogen-bond donors (Lipinski definition) is 2. The normalized spacial score (nSPS) is 14.2. The van der Waals surface area contributed by atoms with Crippen LogP contribution >= 0.6 is 11.3 Å². The molecular formula is C18H20N2O3S. The molecule has 0 saturated heterocycles. The highest BCUT2D eigenvalue weighted by Gasteiger charge is 2.28. The first-order chi connectivity index (χ1) is 11.5. The molecule has 126 valence electrons. The summed E-state index contributed by atoms with van der Waals surface area (Å²) < 4.78 is 0. The first-order valence-corrected chi connectivity index (χ1v) is 8.79. The second-order valence-corrected chi connectivity index (χ2v) is 7.06. The standard InChI is InChI=1S/C18H20N2O3S/c1-3-20-9-8-13-14(10-20)24-17(15(13)18(22)23)19-16(21)12-6-4-11(2)5-7-12/h4-7H,3,8-10H2,1-2H3,(H,19,21)(H,22,23). The van der Waals surface area contributed by atoms with Crippen molar-refractivity contribution in [3.8, 4) is 0 Å². The molecule has 0 atom stereocenters. The van der Waals surface area contributed by atoms with E-state index in [0.717, 1.165) is 35.6 Å². The number of anilines is 1. The van der Waals surface area contributed by atoms with Crippen LogP contribution in [0.3, 0.4) is 0 Å². The van der Waals surface area contributed by atoms with Gasteiger partial charge in [0.2, 0.25) is 0 Å². The summed E-state index contributed by atoms with van der Waals surface area (Å²) in [4.78, 5) is 27.5. The van der Waals surface area contributed by atoms with Crippen LogP contribution < -0.4 is 5.32 Å². The molecule has 6 heteroatoms. The molecule has 24 heavy (non-hydrogen) atoms. The average Bonchev–Trinajstić information content (AvgIpc) is 2.92. The Morgan fingerprint density at radius 1 is 1.29 bits per heavy atom. The lowest BCUT2D eigenvalue weighted by Gasteiger charge is -2.25. The SMILES string of the molecule is CCN1CCc2c(sc(NC(=O)c3ccc(C)cc3)c2C(=O)O)C1. The van der Waals surface area contributed by atoms with Crippen molar-refractivity contribution in [1.82, 2.24) is 4.90 Å². The van der Waals surface area contributed by atoms with Crippen LogP contribution in [0, 0.1) is 6.92 Å². The summed E-state index contributed by atoms with van der Waals surface area (Å²) in [6.45, 7) is 6.58. The number of nitrogens with zero attached hydrogens (tertiary/aromatic N) is 1. The molecule has 5 nitrogen and oxygen atoms in total. The van der Waals surface area contributed by atoms with Gasteiger partial charge in [-0.25, -0.2) is 4.79 Å². The minimum absolute atomic E-state index is 0.256. The fourth-order valence-electron chi connectivity index (χ4n) is 2.92. The monoisotopic (exact) mass is 344 g/mol. The molecule has 3 rings (SSSR count). The number of amides is 1. The Kier molecular flexibility index (Phi) is 4.69. The quantitative estimate of drug-likeness (QED) is 0.892. The number of fused-ring (bicyclic) bond motifs is 1. The Balaban J connectivity index is 1.90. The van der Waals surface area contributed by atoms with Gasteiger partial charge in [-0.3, -0.25) is 9.69 Å². The minimum Gasteiger partial charge on any atom is -0.478 e. The van der Waals surface area contributed by atoms with Gasteiger partial charge in [-0.15, -0.1) is 11.3 Å². The molecule has 0 radical (unpaired) electrons. The molecule has 1 aromatic carbocycles. The number of carbonyl (C=O) groups excluding carboxylic acids is 1. The van der Waals surface area contributed by atoms with Crippen molar-refractivity contribution in [2.75, 3.05) is 18.4 Å². The third kappa shape index (κ3) is 3.20. The fraction of sp³-hybridized carbons (Fsp3) is 0.333. The molecule has 0 spiro atoms. The fourth-order valence-corrected chi connectivity index (χ4v) is 4.20. The Morgan fingerprint density at radius 2 is 2.00 bits per heavy atom. The number of rotatable bonds is 4. The van der Waals surface area contributed by atoms with Crippen molar-refractivity contribution < 1.29 is 14.7 Å². The van der Waals surface area contributed by atoms with Gasteiger partial charge in [-0.05, 0) is 37.6 Å².